The molecular formula is C16H20O6. The molecule has 1 aromatic carbocycles. The van der Waals surface area contributed by atoms with Crippen LogP contribution in [0.2, 0.25) is 0 Å². The van der Waals surface area contributed by atoms with Gasteiger partial charge in [-0.2, -0.15) is 0 Å². The van der Waals surface area contributed by atoms with Gasteiger partial charge in [0.1, 0.15) is 17.8 Å². The first-order valence-electron chi connectivity index (χ1n) is 7.44. The summed E-state index contributed by atoms with van der Waals surface area (Å²) in [5.41, 5.74) is 0.714. The molecule has 0 aromatic heterocycles. The number of phenols is 1. The molecule has 120 valence electrons. The molecule has 2 aliphatic rings. The van der Waals surface area contributed by atoms with Crippen LogP contribution in [0.1, 0.15) is 48.2 Å². The first kappa shape index (κ1) is 15.0. The maximum absolute atomic E-state index is 12.2. The van der Waals surface area contributed by atoms with Gasteiger partial charge >= 0.3 is 5.97 Å². The fourth-order valence-corrected chi connectivity index (χ4v) is 3.25. The average molecular weight is 308 g/mol. The highest BCUT2D eigenvalue weighted by molar-refractivity contribution is 5.97. The Morgan fingerprint density at radius 3 is 2.77 bits per heavy atom. The molecular weight excluding hydrogens is 288 g/mol. The van der Waals surface area contributed by atoms with Crippen molar-refractivity contribution in [3.63, 3.8) is 0 Å². The second-order valence-electron chi connectivity index (χ2n) is 5.57. The summed E-state index contributed by atoms with van der Waals surface area (Å²) >= 11 is 0. The Hall–Kier alpha value is -1.95. The van der Waals surface area contributed by atoms with E-state index in [1.807, 2.05) is 0 Å². The van der Waals surface area contributed by atoms with Crippen LogP contribution in [0.5, 0.6) is 17.2 Å². The second kappa shape index (κ2) is 5.68. The first-order chi connectivity index (χ1) is 10.6. The number of hydrogen-bond donors (Lipinski definition) is 1. The lowest BCUT2D eigenvalue weighted by Crippen LogP contribution is -2.29. The molecule has 0 spiro atoms. The lowest BCUT2D eigenvalue weighted by Gasteiger charge is -2.28. The first-order valence-corrected chi connectivity index (χ1v) is 7.44. The molecule has 0 radical (unpaired) electrons. The molecule has 3 rings (SSSR count). The Kier molecular flexibility index (Phi) is 3.87. The highest BCUT2D eigenvalue weighted by atomic mass is 16.6. The summed E-state index contributed by atoms with van der Waals surface area (Å²) in [5.74, 6) is -0.312. The van der Waals surface area contributed by atoms with E-state index < -0.39 is 5.97 Å². The number of carbonyl (C=O) groups excluding carboxylic acids is 1. The van der Waals surface area contributed by atoms with Gasteiger partial charge < -0.3 is 24.1 Å². The van der Waals surface area contributed by atoms with E-state index in [-0.39, 0.29) is 35.4 Å². The van der Waals surface area contributed by atoms with Gasteiger partial charge in [-0.1, -0.05) is 13.3 Å². The van der Waals surface area contributed by atoms with Crippen molar-refractivity contribution >= 4 is 5.97 Å². The fourth-order valence-electron chi connectivity index (χ4n) is 3.25. The van der Waals surface area contributed by atoms with Gasteiger partial charge in [0, 0.05) is 12.0 Å². The molecule has 1 fully saturated rings. The van der Waals surface area contributed by atoms with E-state index in [0.29, 0.717) is 17.7 Å². The predicted octanol–water partition coefficient (Wildman–Crippen LogP) is 2.58. The summed E-state index contributed by atoms with van der Waals surface area (Å²) in [6.45, 7) is 2.09. The number of rotatable bonds is 4. The standard InChI is InChI=1S/C16H20O6/c1-4-5-8-6-11-14(21-8)9-7-10(19-2)15(20-3)13(17)12(9)16(18)22-11/h7-8,11,14,17H,4-6H2,1-3H3/t8-,11-,14+/m1/s1. The van der Waals surface area contributed by atoms with E-state index in [1.165, 1.54) is 14.2 Å². The molecule has 1 saturated heterocycles. The number of carbonyl (C=O) groups is 1. The van der Waals surface area contributed by atoms with Gasteiger partial charge in [0.05, 0.1) is 20.3 Å². The number of methoxy groups -OCH3 is 2. The highest BCUT2D eigenvalue weighted by Crippen LogP contribution is 2.49. The summed E-state index contributed by atoms with van der Waals surface area (Å²) in [5, 5.41) is 10.3. The van der Waals surface area contributed by atoms with E-state index in [1.54, 1.807) is 6.07 Å². The quantitative estimate of drug-likeness (QED) is 0.862. The van der Waals surface area contributed by atoms with Gasteiger partial charge in [0.2, 0.25) is 5.75 Å². The molecule has 22 heavy (non-hydrogen) atoms. The molecule has 6 heteroatoms. The monoisotopic (exact) mass is 308 g/mol. The van der Waals surface area contributed by atoms with Crippen molar-refractivity contribution in [2.75, 3.05) is 14.2 Å². The van der Waals surface area contributed by atoms with Gasteiger partial charge in [-0.3, -0.25) is 0 Å². The molecule has 2 heterocycles. The molecule has 0 unspecified atom stereocenters. The number of ether oxygens (including phenoxy) is 4. The van der Waals surface area contributed by atoms with Gasteiger partial charge in [0.25, 0.3) is 0 Å². The number of hydrogen-bond acceptors (Lipinski definition) is 6. The molecule has 0 bridgehead atoms. The minimum atomic E-state index is -0.546. The number of aromatic hydroxyl groups is 1. The van der Waals surface area contributed by atoms with Crippen LogP contribution in [-0.2, 0) is 9.47 Å². The number of phenolic OH excluding ortho intramolecular Hbond substituents is 1. The van der Waals surface area contributed by atoms with Crippen molar-refractivity contribution in [2.24, 2.45) is 0 Å². The van der Waals surface area contributed by atoms with Crippen LogP contribution in [0, 0.1) is 0 Å². The van der Waals surface area contributed by atoms with Crippen LogP contribution in [0.25, 0.3) is 0 Å². The van der Waals surface area contributed by atoms with Gasteiger partial charge in [0.15, 0.2) is 11.5 Å². The summed E-state index contributed by atoms with van der Waals surface area (Å²) in [4.78, 5) is 12.2. The van der Waals surface area contributed by atoms with Crippen LogP contribution in [-0.4, -0.2) is 37.5 Å². The topological polar surface area (TPSA) is 74.2 Å². The average Bonchev–Trinajstić information content (AvgIpc) is 2.89. The fraction of sp³-hybridized carbons (Fsp3) is 0.562. The third kappa shape index (κ3) is 2.18. The van der Waals surface area contributed by atoms with E-state index in [2.05, 4.69) is 6.92 Å². The largest absolute Gasteiger partial charge is 0.504 e. The van der Waals surface area contributed by atoms with Crippen LogP contribution < -0.4 is 9.47 Å². The molecule has 2 aliphatic heterocycles. The summed E-state index contributed by atoms with van der Waals surface area (Å²) in [7, 11) is 2.89. The Labute approximate surface area is 128 Å². The van der Waals surface area contributed by atoms with E-state index >= 15 is 0 Å². The third-order valence-corrected chi connectivity index (χ3v) is 4.23. The second-order valence-corrected chi connectivity index (χ2v) is 5.57. The number of esters is 1. The maximum atomic E-state index is 12.2. The Morgan fingerprint density at radius 1 is 1.36 bits per heavy atom. The SMILES string of the molecule is CCC[C@@H]1C[C@H]2OC(=O)c3c(cc(OC)c(OC)c3O)[C@@H]2O1. The lowest BCUT2D eigenvalue weighted by atomic mass is 9.93. The highest BCUT2D eigenvalue weighted by Gasteiger charge is 2.46. The van der Waals surface area contributed by atoms with Gasteiger partial charge in [-0.15, -0.1) is 0 Å². The zero-order valence-corrected chi connectivity index (χ0v) is 12.9. The van der Waals surface area contributed by atoms with Crippen LogP contribution in [0.4, 0.5) is 0 Å². The predicted molar refractivity (Wildman–Crippen MR) is 77.6 cm³/mol. The molecule has 0 saturated carbocycles. The summed E-state index contributed by atoms with van der Waals surface area (Å²) in [6, 6.07) is 1.69. The number of benzene rings is 1. The van der Waals surface area contributed by atoms with Crippen molar-refractivity contribution in [1.82, 2.24) is 0 Å². The summed E-state index contributed by atoms with van der Waals surface area (Å²) < 4.78 is 21.8. The van der Waals surface area contributed by atoms with Gasteiger partial charge in [-0.25, -0.2) is 4.79 Å². The van der Waals surface area contributed by atoms with E-state index in [9.17, 15) is 9.90 Å². The minimum Gasteiger partial charge on any atom is -0.504 e. The minimum absolute atomic E-state index is 0.0639. The molecule has 0 aliphatic carbocycles. The van der Waals surface area contributed by atoms with E-state index in [4.69, 9.17) is 18.9 Å². The van der Waals surface area contributed by atoms with Crippen LogP contribution in [0.3, 0.4) is 0 Å². The molecule has 1 aromatic rings. The zero-order chi connectivity index (χ0) is 15.9. The normalized spacial score (nSPS) is 26.1. The van der Waals surface area contributed by atoms with Crippen LogP contribution in [0.15, 0.2) is 6.07 Å². The molecule has 3 atom stereocenters. The Morgan fingerprint density at radius 2 is 2.14 bits per heavy atom. The molecule has 1 N–H and O–H groups in total. The molecule has 0 amide bonds. The van der Waals surface area contributed by atoms with Crippen molar-refractivity contribution < 1.29 is 28.8 Å². The van der Waals surface area contributed by atoms with Gasteiger partial charge in [-0.05, 0) is 12.5 Å². The van der Waals surface area contributed by atoms with Crippen molar-refractivity contribution in [3.05, 3.63) is 17.2 Å². The van der Waals surface area contributed by atoms with Crippen molar-refractivity contribution in [1.29, 1.82) is 0 Å². The number of fused-ring (bicyclic) bond motifs is 3. The lowest BCUT2D eigenvalue weighted by molar-refractivity contribution is -0.0235. The molecule has 6 nitrogen and oxygen atoms in total. The zero-order valence-electron chi connectivity index (χ0n) is 12.9. The Bertz CT molecular complexity index is 597. The third-order valence-electron chi connectivity index (χ3n) is 4.23. The van der Waals surface area contributed by atoms with Crippen molar-refractivity contribution in [2.45, 2.75) is 44.5 Å². The van der Waals surface area contributed by atoms with Crippen molar-refractivity contribution in [3.8, 4) is 17.2 Å². The van der Waals surface area contributed by atoms with E-state index in [0.717, 1.165) is 12.8 Å². The smallest absolute Gasteiger partial charge is 0.342 e. The Balaban J connectivity index is 2.07. The summed E-state index contributed by atoms with van der Waals surface area (Å²) in [6.07, 6.45) is 1.98. The van der Waals surface area contributed by atoms with Crippen LogP contribution >= 0.6 is 0 Å². The maximum Gasteiger partial charge on any atom is 0.342 e.